The molecule has 0 unspecified atom stereocenters. The molecule has 120 valence electrons. The highest BCUT2D eigenvalue weighted by Gasteiger charge is 2.34. The molecule has 5 heteroatoms. The van der Waals surface area contributed by atoms with Gasteiger partial charge in [0.1, 0.15) is 6.04 Å². The Balaban J connectivity index is 1.45. The van der Waals surface area contributed by atoms with Crippen molar-refractivity contribution in [3.63, 3.8) is 0 Å². The summed E-state index contributed by atoms with van der Waals surface area (Å²) >= 11 is 0. The van der Waals surface area contributed by atoms with Gasteiger partial charge >= 0.3 is 0 Å². The largest absolute Gasteiger partial charge is 0.375 e. The Bertz CT molecular complexity index is 349. The fraction of sp³-hybridized carbons (Fsp3) is 0.938. The lowest BCUT2D eigenvalue weighted by molar-refractivity contribution is -0.142. The molecule has 0 radical (unpaired) electrons. The maximum atomic E-state index is 12.6. The molecule has 0 spiro atoms. The van der Waals surface area contributed by atoms with Crippen molar-refractivity contribution in [1.82, 2.24) is 10.2 Å². The van der Waals surface area contributed by atoms with Crippen molar-refractivity contribution in [2.24, 2.45) is 0 Å². The molecule has 1 saturated carbocycles. The van der Waals surface area contributed by atoms with E-state index in [-0.39, 0.29) is 18.1 Å². The van der Waals surface area contributed by atoms with Crippen LogP contribution in [-0.4, -0.2) is 61.4 Å². The lowest BCUT2D eigenvalue weighted by atomic mass is 10.0. The van der Waals surface area contributed by atoms with Crippen molar-refractivity contribution in [3.8, 4) is 0 Å². The van der Waals surface area contributed by atoms with Crippen LogP contribution in [0.3, 0.4) is 0 Å². The van der Waals surface area contributed by atoms with Crippen molar-refractivity contribution in [3.05, 3.63) is 0 Å². The Morgan fingerprint density at radius 1 is 1.14 bits per heavy atom. The van der Waals surface area contributed by atoms with Gasteiger partial charge in [0, 0.05) is 19.6 Å². The van der Waals surface area contributed by atoms with E-state index in [1.165, 1.54) is 25.7 Å². The molecule has 0 aromatic rings. The summed E-state index contributed by atoms with van der Waals surface area (Å²) in [5.74, 6) is 0.196. The number of likely N-dealkylation sites (tertiary alicyclic amines) is 1. The average molecular weight is 296 g/mol. The van der Waals surface area contributed by atoms with Gasteiger partial charge in [0.05, 0.1) is 24.9 Å². The molecule has 1 N–H and O–H groups in total. The third kappa shape index (κ3) is 3.76. The molecule has 2 atom stereocenters. The second kappa shape index (κ2) is 7.07. The second-order valence-corrected chi connectivity index (χ2v) is 6.57. The van der Waals surface area contributed by atoms with E-state index in [2.05, 4.69) is 5.32 Å². The Morgan fingerprint density at radius 2 is 1.81 bits per heavy atom. The monoisotopic (exact) mass is 296 g/mol. The number of carbonyl (C=O) groups excluding carboxylic acids is 1. The second-order valence-electron chi connectivity index (χ2n) is 6.57. The first kappa shape index (κ1) is 15.3. The predicted octanol–water partition coefficient (Wildman–Crippen LogP) is 1.31. The molecule has 3 rings (SSSR count). The summed E-state index contributed by atoms with van der Waals surface area (Å²) in [4.78, 5) is 14.5. The molecule has 3 aliphatic rings. The maximum Gasteiger partial charge on any atom is 0.242 e. The molecule has 0 aromatic carbocycles. The maximum absolute atomic E-state index is 12.6. The van der Waals surface area contributed by atoms with E-state index in [9.17, 15) is 4.79 Å². The van der Waals surface area contributed by atoms with Gasteiger partial charge in [-0.2, -0.15) is 0 Å². The van der Waals surface area contributed by atoms with E-state index < -0.39 is 0 Å². The summed E-state index contributed by atoms with van der Waals surface area (Å²) in [6.45, 7) is 5.08. The Kier molecular flexibility index (Phi) is 5.14. The fourth-order valence-corrected chi connectivity index (χ4v) is 3.72. The first-order chi connectivity index (χ1) is 10.2. The van der Waals surface area contributed by atoms with Gasteiger partial charge in [-0.1, -0.05) is 12.8 Å². The highest BCUT2D eigenvalue weighted by Crippen LogP contribution is 2.25. The third-order valence-electron chi connectivity index (χ3n) is 5.02. The molecule has 0 bridgehead atoms. The molecule has 0 aromatic heterocycles. The number of morpholine rings is 1. The lowest BCUT2D eigenvalue weighted by Crippen LogP contribution is -2.57. The van der Waals surface area contributed by atoms with Crippen molar-refractivity contribution in [2.75, 3.05) is 26.2 Å². The van der Waals surface area contributed by atoms with Crippen molar-refractivity contribution >= 4 is 5.91 Å². The standard InChI is InChI=1S/C16H28N2O3/c1-12-15(17-8-11-20-12)16(19)18-9-6-14(7-10-18)21-13-4-2-3-5-13/h12-15,17H,2-11H2,1H3/t12-,15+/m1/s1. The van der Waals surface area contributed by atoms with Crippen LogP contribution >= 0.6 is 0 Å². The van der Waals surface area contributed by atoms with Gasteiger partial charge in [-0.05, 0) is 32.6 Å². The molecular weight excluding hydrogens is 268 g/mol. The summed E-state index contributed by atoms with van der Waals surface area (Å²) < 4.78 is 11.7. The first-order valence-electron chi connectivity index (χ1n) is 8.53. The number of nitrogens with one attached hydrogen (secondary N) is 1. The summed E-state index contributed by atoms with van der Waals surface area (Å²) in [7, 11) is 0. The zero-order valence-electron chi connectivity index (χ0n) is 13.1. The van der Waals surface area contributed by atoms with E-state index in [0.717, 1.165) is 32.5 Å². The molecule has 3 fully saturated rings. The zero-order valence-corrected chi connectivity index (χ0v) is 13.1. The van der Waals surface area contributed by atoms with E-state index in [1.54, 1.807) is 0 Å². The molecule has 21 heavy (non-hydrogen) atoms. The Labute approximate surface area is 127 Å². The SMILES string of the molecule is C[C@H]1OCCN[C@@H]1C(=O)N1CCC(OC2CCCC2)CC1. The van der Waals surface area contributed by atoms with Crippen LogP contribution in [0.15, 0.2) is 0 Å². The lowest BCUT2D eigenvalue weighted by Gasteiger charge is -2.38. The Hall–Kier alpha value is -0.650. The molecule has 5 nitrogen and oxygen atoms in total. The highest BCUT2D eigenvalue weighted by molar-refractivity contribution is 5.82. The third-order valence-corrected chi connectivity index (χ3v) is 5.02. The molecular formula is C16H28N2O3. The number of hydrogen-bond donors (Lipinski definition) is 1. The number of amides is 1. The van der Waals surface area contributed by atoms with Crippen LogP contribution in [0.4, 0.5) is 0 Å². The van der Waals surface area contributed by atoms with Crippen molar-refractivity contribution in [1.29, 1.82) is 0 Å². The normalized spacial score (nSPS) is 32.5. The predicted molar refractivity (Wildman–Crippen MR) is 80.1 cm³/mol. The minimum absolute atomic E-state index is 0.0290. The van der Waals surface area contributed by atoms with Gasteiger partial charge < -0.3 is 19.7 Å². The number of ether oxygens (including phenoxy) is 2. The van der Waals surface area contributed by atoms with E-state index in [0.29, 0.717) is 18.8 Å². The van der Waals surface area contributed by atoms with Gasteiger partial charge in [-0.15, -0.1) is 0 Å². The molecule has 2 heterocycles. The number of carbonyl (C=O) groups is 1. The van der Waals surface area contributed by atoms with Crippen LogP contribution in [-0.2, 0) is 14.3 Å². The van der Waals surface area contributed by atoms with Crippen LogP contribution in [0.25, 0.3) is 0 Å². The quantitative estimate of drug-likeness (QED) is 0.853. The van der Waals surface area contributed by atoms with Crippen LogP contribution < -0.4 is 5.32 Å². The van der Waals surface area contributed by atoms with Gasteiger partial charge in [0.15, 0.2) is 0 Å². The van der Waals surface area contributed by atoms with Gasteiger partial charge in [0.2, 0.25) is 5.91 Å². The summed E-state index contributed by atoms with van der Waals surface area (Å²) in [5, 5.41) is 3.29. The molecule has 1 amide bonds. The van der Waals surface area contributed by atoms with Gasteiger partial charge in [-0.3, -0.25) is 4.79 Å². The van der Waals surface area contributed by atoms with Crippen LogP contribution in [0.2, 0.25) is 0 Å². The molecule has 2 saturated heterocycles. The minimum Gasteiger partial charge on any atom is -0.375 e. The smallest absolute Gasteiger partial charge is 0.242 e. The number of hydrogen-bond acceptors (Lipinski definition) is 4. The topological polar surface area (TPSA) is 50.8 Å². The van der Waals surface area contributed by atoms with E-state index >= 15 is 0 Å². The summed E-state index contributed by atoms with van der Waals surface area (Å²) in [5.41, 5.74) is 0. The summed E-state index contributed by atoms with van der Waals surface area (Å²) in [6, 6.07) is -0.175. The first-order valence-corrected chi connectivity index (χ1v) is 8.53. The minimum atomic E-state index is -0.175. The Morgan fingerprint density at radius 3 is 2.48 bits per heavy atom. The van der Waals surface area contributed by atoms with Gasteiger partial charge in [-0.25, -0.2) is 0 Å². The molecule has 1 aliphatic carbocycles. The van der Waals surface area contributed by atoms with Crippen LogP contribution in [0, 0.1) is 0 Å². The number of nitrogens with zero attached hydrogens (tertiary/aromatic N) is 1. The van der Waals surface area contributed by atoms with Gasteiger partial charge in [0.25, 0.3) is 0 Å². The number of rotatable bonds is 3. The van der Waals surface area contributed by atoms with Crippen LogP contribution in [0.5, 0.6) is 0 Å². The summed E-state index contributed by atoms with van der Waals surface area (Å²) in [6.07, 6.45) is 7.82. The fourth-order valence-electron chi connectivity index (χ4n) is 3.72. The van der Waals surface area contributed by atoms with Crippen molar-refractivity contribution in [2.45, 2.75) is 69.8 Å². The van der Waals surface area contributed by atoms with E-state index in [1.807, 2.05) is 11.8 Å². The number of piperidine rings is 1. The highest BCUT2D eigenvalue weighted by atomic mass is 16.5. The van der Waals surface area contributed by atoms with Crippen LogP contribution in [0.1, 0.15) is 45.4 Å². The van der Waals surface area contributed by atoms with E-state index in [4.69, 9.17) is 9.47 Å². The molecule has 2 aliphatic heterocycles. The average Bonchev–Trinajstić information content (AvgIpc) is 3.01. The van der Waals surface area contributed by atoms with Crippen molar-refractivity contribution < 1.29 is 14.3 Å². The zero-order chi connectivity index (χ0) is 14.7.